The Morgan fingerprint density at radius 2 is 2.12 bits per heavy atom. The molecule has 1 heterocycles. The summed E-state index contributed by atoms with van der Waals surface area (Å²) in [6.45, 7) is 4.46. The normalized spacial score (nSPS) is 32.6. The van der Waals surface area contributed by atoms with Gasteiger partial charge in [-0.15, -0.1) is 0 Å². The second kappa shape index (κ2) is 5.67. The van der Waals surface area contributed by atoms with Gasteiger partial charge in [0.15, 0.2) is 11.5 Å². The average Bonchev–Trinajstić information content (AvgIpc) is 2.66. The molecule has 2 N–H and O–H groups in total. The van der Waals surface area contributed by atoms with Crippen LogP contribution in [0.3, 0.4) is 0 Å². The van der Waals surface area contributed by atoms with Gasteiger partial charge < -0.3 is 19.7 Å². The quantitative estimate of drug-likeness (QED) is 0.827. The van der Waals surface area contributed by atoms with Crippen LogP contribution in [-0.4, -0.2) is 54.6 Å². The van der Waals surface area contributed by atoms with E-state index in [9.17, 15) is 10.2 Å². The lowest BCUT2D eigenvalue weighted by atomic mass is 9.60. The van der Waals surface area contributed by atoms with Crippen molar-refractivity contribution >= 4 is 0 Å². The Hall–Kier alpha value is -1.72. The van der Waals surface area contributed by atoms with Crippen molar-refractivity contribution in [3.8, 4) is 11.5 Å². The van der Waals surface area contributed by atoms with Crippen molar-refractivity contribution in [3.63, 3.8) is 0 Å². The van der Waals surface area contributed by atoms with Gasteiger partial charge in [0.05, 0.1) is 25.6 Å². The fourth-order valence-electron chi connectivity index (χ4n) is 4.73. The molecule has 3 rings (SSSR count). The molecule has 1 aromatic carbocycles. The molecular formula is C19H27NO4. The van der Waals surface area contributed by atoms with Crippen molar-refractivity contribution < 1.29 is 19.7 Å². The Labute approximate surface area is 143 Å². The Balaban J connectivity index is 2.27. The molecule has 3 unspecified atom stereocenters. The topological polar surface area (TPSA) is 62.2 Å². The monoisotopic (exact) mass is 333 g/mol. The number of ether oxygens (including phenoxy) is 2. The summed E-state index contributed by atoms with van der Waals surface area (Å²) >= 11 is 0. The van der Waals surface area contributed by atoms with Gasteiger partial charge in [-0.05, 0) is 45.0 Å². The highest BCUT2D eigenvalue weighted by Gasteiger charge is 2.64. The van der Waals surface area contributed by atoms with E-state index in [1.807, 2.05) is 33.0 Å². The molecule has 2 aliphatic rings. The van der Waals surface area contributed by atoms with Crippen molar-refractivity contribution in [2.75, 3.05) is 27.8 Å². The minimum absolute atomic E-state index is 0.00718. The molecule has 5 nitrogen and oxygen atoms in total. The van der Waals surface area contributed by atoms with Gasteiger partial charge in [-0.2, -0.15) is 0 Å². The summed E-state index contributed by atoms with van der Waals surface area (Å²) in [6.07, 6.45) is 3.15. The van der Waals surface area contributed by atoms with Gasteiger partial charge in [0, 0.05) is 30.0 Å². The maximum atomic E-state index is 11.5. The van der Waals surface area contributed by atoms with E-state index < -0.39 is 11.0 Å². The van der Waals surface area contributed by atoms with Crippen LogP contribution in [0, 0.1) is 0 Å². The Morgan fingerprint density at radius 3 is 2.71 bits per heavy atom. The number of aromatic hydroxyl groups is 1. The molecule has 1 saturated heterocycles. The van der Waals surface area contributed by atoms with Gasteiger partial charge in [0.2, 0.25) is 0 Å². The molecule has 0 spiro atoms. The van der Waals surface area contributed by atoms with Crippen LogP contribution < -0.4 is 4.74 Å². The summed E-state index contributed by atoms with van der Waals surface area (Å²) in [7, 11) is 5.22. The predicted octanol–water partition coefficient (Wildman–Crippen LogP) is 2.20. The van der Waals surface area contributed by atoms with Gasteiger partial charge in [-0.3, -0.25) is 4.90 Å². The number of phenols is 1. The van der Waals surface area contributed by atoms with Crippen molar-refractivity contribution in [3.05, 3.63) is 35.1 Å². The number of rotatable bonds is 4. The third-order valence-corrected chi connectivity index (χ3v) is 6.07. The minimum atomic E-state index is -0.981. The van der Waals surface area contributed by atoms with Crippen LogP contribution in [0.25, 0.3) is 0 Å². The number of likely N-dealkylation sites (N-methyl/N-ethyl adjacent to an activating group) is 1. The fraction of sp³-hybridized carbons (Fsp3) is 0.579. The number of aliphatic hydroxyl groups is 1. The number of nitrogens with zero attached hydrogens (tertiary/aromatic N) is 1. The van der Waals surface area contributed by atoms with Crippen LogP contribution in [0.1, 0.15) is 31.4 Å². The maximum Gasteiger partial charge on any atom is 0.161 e. The first-order valence-corrected chi connectivity index (χ1v) is 8.33. The molecule has 1 aromatic rings. The zero-order valence-electron chi connectivity index (χ0n) is 15.1. The molecule has 0 saturated carbocycles. The Morgan fingerprint density at radius 1 is 1.42 bits per heavy atom. The Kier molecular flexibility index (Phi) is 4.04. The van der Waals surface area contributed by atoms with E-state index in [-0.39, 0.29) is 11.8 Å². The number of fused-ring (bicyclic) bond motifs is 4. The highest BCUT2D eigenvalue weighted by Crippen LogP contribution is 2.58. The summed E-state index contributed by atoms with van der Waals surface area (Å²) in [5.74, 6) is 1.38. The lowest BCUT2D eigenvalue weighted by Crippen LogP contribution is -2.56. The zero-order chi connectivity index (χ0) is 17.7. The number of hydrogen-bond acceptors (Lipinski definition) is 5. The third kappa shape index (κ3) is 2.07. The predicted molar refractivity (Wildman–Crippen MR) is 92.5 cm³/mol. The SMILES string of the molecule is C/C=C(\CC12CN(C)C(Cc3ccc(OC)c(O)c31)C2(C)O)OC. The summed E-state index contributed by atoms with van der Waals surface area (Å²) in [6, 6.07) is 3.81. The van der Waals surface area contributed by atoms with Crippen LogP contribution >= 0.6 is 0 Å². The van der Waals surface area contributed by atoms with Crippen LogP contribution in [0.5, 0.6) is 11.5 Å². The van der Waals surface area contributed by atoms with Crippen LogP contribution in [0.4, 0.5) is 0 Å². The molecule has 5 heteroatoms. The van der Waals surface area contributed by atoms with E-state index in [4.69, 9.17) is 9.47 Å². The lowest BCUT2D eigenvalue weighted by Gasteiger charge is -2.47. The van der Waals surface area contributed by atoms with Gasteiger partial charge in [0.25, 0.3) is 0 Å². The lowest BCUT2D eigenvalue weighted by molar-refractivity contribution is -0.0336. The second-order valence-electron chi connectivity index (χ2n) is 7.15. The van der Waals surface area contributed by atoms with E-state index in [1.165, 1.54) is 0 Å². The molecule has 1 aliphatic heterocycles. The highest BCUT2D eigenvalue weighted by molar-refractivity contribution is 5.59. The smallest absolute Gasteiger partial charge is 0.161 e. The molecular weight excluding hydrogens is 306 g/mol. The zero-order valence-corrected chi connectivity index (χ0v) is 15.1. The van der Waals surface area contributed by atoms with E-state index in [0.717, 1.165) is 16.9 Å². The largest absolute Gasteiger partial charge is 0.504 e. The van der Waals surface area contributed by atoms with Crippen molar-refractivity contribution in [1.29, 1.82) is 0 Å². The second-order valence-corrected chi connectivity index (χ2v) is 7.15. The fourth-order valence-corrected chi connectivity index (χ4v) is 4.73. The number of likely N-dealkylation sites (tertiary alicyclic amines) is 1. The third-order valence-electron chi connectivity index (χ3n) is 6.07. The molecule has 1 aliphatic carbocycles. The van der Waals surface area contributed by atoms with E-state index in [2.05, 4.69) is 4.90 Å². The van der Waals surface area contributed by atoms with Crippen molar-refractivity contribution in [2.45, 2.75) is 43.7 Å². The number of methoxy groups -OCH3 is 2. The number of phenolic OH excluding ortho intramolecular Hbond substituents is 1. The van der Waals surface area contributed by atoms with Gasteiger partial charge >= 0.3 is 0 Å². The molecule has 3 atom stereocenters. The van der Waals surface area contributed by atoms with Crippen molar-refractivity contribution in [2.24, 2.45) is 0 Å². The van der Waals surface area contributed by atoms with Gasteiger partial charge in [-0.1, -0.05) is 6.07 Å². The van der Waals surface area contributed by atoms with Crippen LogP contribution in [0.15, 0.2) is 24.0 Å². The van der Waals surface area contributed by atoms with E-state index in [1.54, 1.807) is 20.3 Å². The van der Waals surface area contributed by atoms with E-state index in [0.29, 0.717) is 25.1 Å². The highest BCUT2D eigenvalue weighted by atomic mass is 16.5. The maximum absolute atomic E-state index is 11.5. The molecule has 0 amide bonds. The number of allylic oxidation sites excluding steroid dienone is 2. The minimum Gasteiger partial charge on any atom is -0.504 e. The van der Waals surface area contributed by atoms with Gasteiger partial charge in [0.1, 0.15) is 0 Å². The molecule has 0 radical (unpaired) electrons. The molecule has 0 aromatic heterocycles. The summed E-state index contributed by atoms with van der Waals surface area (Å²) < 4.78 is 10.8. The number of benzene rings is 1. The molecule has 24 heavy (non-hydrogen) atoms. The summed E-state index contributed by atoms with van der Waals surface area (Å²) in [5, 5.41) is 22.4. The summed E-state index contributed by atoms with van der Waals surface area (Å²) in [4.78, 5) is 2.19. The first-order valence-electron chi connectivity index (χ1n) is 8.33. The van der Waals surface area contributed by atoms with E-state index >= 15 is 0 Å². The molecule has 1 fully saturated rings. The summed E-state index contributed by atoms with van der Waals surface area (Å²) in [5.41, 5.74) is 0.242. The van der Waals surface area contributed by atoms with Crippen molar-refractivity contribution in [1.82, 2.24) is 4.90 Å². The molecule has 2 bridgehead atoms. The van der Waals surface area contributed by atoms with Gasteiger partial charge in [-0.25, -0.2) is 0 Å². The first kappa shape index (κ1) is 17.1. The standard InChI is InChI=1S/C19H27NO4/c1-6-13(23-4)10-19-11-20(3)15(18(19,2)22)9-12-7-8-14(24-5)17(21)16(12)19/h6-8,15,21-22H,9-11H2,1-5H3/b13-6+. The van der Waals surface area contributed by atoms with Crippen LogP contribution in [-0.2, 0) is 16.6 Å². The average molecular weight is 333 g/mol. The van der Waals surface area contributed by atoms with Crippen LogP contribution in [0.2, 0.25) is 0 Å². The first-order chi connectivity index (χ1) is 11.3. The molecule has 132 valence electrons. The Bertz CT molecular complexity index is 682. The number of hydrogen-bond donors (Lipinski definition) is 2.